The van der Waals surface area contributed by atoms with Crippen molar-refractivity contribution in [3.05, 3.63) is 0 Å². The largest absolute Gasteiger partial charge is 0.395 e. The standard InChI is InChI=1S/C10H20O3S/c1-2-9(8-11)14(12,13)10-6-4-3-5-7-10/h9-11H,2-8H2,1H3. The average Bonchev–Trinajstić information content (AvgIpc) is 2.20. The van der Waals surface area contributed by atoms with Crippen LogP contribution in [0.2, 0.25) is 0 Å². The van der Waals surface area contributed by atoms with Gasteiger partial charge < -0.3 is 5.11 Å². The van der Waals surface area contributed by atoms with Crippen LogP contribution in [0.5, 0.6) is 0 Å². The lowest BCUT2D eigenvalue weighted by Gasteiger charge is -2.25. The highest BCUT2D eigenvalue weighted by Crippen LogP contribution is 2.27. The van der Waals surface area contributed by atoms with Gasteiger partial charge in [0.05, 0.1) is 17.1 Å². The van der Waals surface area contributed by atoms with Crippen molar-refractivity contribution in [3.8, 4) is 0 Å². The van der Waals surface area contributed by atoms with Crippen LogP contribution in [0.1, 0.15) is 45.4 Å². The minimum atomic E-state index is -3.07. The molecule has 14 heavy (non-hydrogen) atoms. The van der Waals surface area contributed by atoms with Gasteiger partial charge >= 0.3 is 0 Å². The molecule has 0 amide bonds. The maximum Gasteiger partial charge on any atom is 0.158 e. The third kappa shape index (κ3) is 2.48. The third-order valence-corrected chi connectivity index (χ3v) is 5.95. The van der Waals surface area contributed by atoms with E-state index in [4.69, 9.17) is 5.11 Å². The van der Waals surface area contributed by atoms with Gasteiger partial charge in [-0.15, -0.1) is 0 Å². The normalized spacial score (nSPS) is 22.1. The average molecular weight is 220 g/mol. The van der Waals surface area contributed by atoms with Crippen molar-refractivity contribution in [2.24, 2.45) is 0 Å². The molecule has 4 heteroatoms. The van der Waals surface area contributed by atoms with Crippen molar-refractivity contribution >= 4 is 9.84 Å². The summed E-state index contributed by atoms with van der Waals surface area (Å²) in [5.74, 6) is 0. The highest BCUT2D eigenvalue weighted by atomic mass is 32.2. The summed E-state index contributed by atoms with van der Waals surface area (Å²) in [6.07, 6.45) is 5.30. The molecule has 0 aliphatic heterocycles. The Hall–Kier alpha value is -0.0900. The van der Waals surface area contributed by atoms with Crippen LogP contribution in [0, 0.1) is 0 Å². The first-order valence-corrected chi connectivity index (χ1v) is 7.07. The molecule has 1 atom stereocenters. The molecule has 84 valence electrons. The molecular weight excluding hydrogens is 200 g/mol. The molecule has 0 saturated heterocycles. The highest BCUT2D eigenvalue weighted by molar-refractivity contribution is 7.92. The van der Waals surface area contributed by atoms with E-state index in [1.165, 1.54) is 0 Å². The minimum absolute atomic E-state index is 0.187. The maximum absolute atomic E-state index is 12.0. The van der Waals surface area contributed by atoms with E-state index < -0.39 is 15.1 Å². The van der Waals surface area contributed by atoms with E-state index in [2.05, 4.69) is 0 Å². The SMILES string of the molecule is CCC(CO)S(=O)(=O)C1CCCCC1. The first-order chi connectivity index (χ1) is 6.62. The number of hydrogen-bond donors (Lipinski definition) is 1. The molecule has 1 N–H and O–H groups in total. The minimum Gasteiger partial charge on any atom is -0.395 e. The fraction of sp³-hybridized carbons (Fsp3) is 1.00. The molecule has 1 saturated carbocycles. The lowest BCUT2D eigenvalue weighted by Crippen LogP contribution is -2.35. The molecule has 1 rings (SSSR count). The summed E-state index contributed by atoms with van der Waals surface area (Å²) < 4.78 is 24.0. The number of sulfone groups is 1. The molecule has 0 heterocycles. The number of hydrogen-bond acceptors (Lipinski definition) is 3. The Kier molecular flexibility index (Phi) is 4.38. The Morgan fingerprint density at radius 1 is 1.29 bits per heavy atom. The van der Waals surface area contributed by atoms with Gasteiger partial charge in [-0.25, -0.2) is 8.42 Å². The van der Waals surface area contributed by atoms with Crippen molar-refractivity contribution < 1.29 is 13.5 Å². The van der Waals surface area contributed by atoms with Crippen LogP contribution in [0.15, 0.2) is 0 Å². The first kappa shape index (κ1) is 12.0. The van der Waals surface area contributed by atoms with Gasteiger partial charge in [0, 0.05) is 0 Å². The van der Waals surface area contributed by atoms with Crippen LogP contribution in [-0.4, -0.2) is 30.6 Å². The van der Waals surface area contributed by atoms with Gasteiger partial charge in [0.25, 0.3) is 0 Å². The maximum atomic E-state index is 12.0. The number of rotatable bonds is 4. The summed E-state index contributed by atoms with van der Waals surface area (Å²) in [7, 11) is -3.07. The Morgan fingerprint density at radius 3 is 2.29 bits per heavy atom. The van der Waals surface area contributed by atoms with Gasteiger partial charge in [-0.3, -0.25) is 0 Å². The molecule has 1 aliphatic carbocycles. The van der Waals surface area contributed by atoms with Gasteiger partial charge in [0.1, 0.15) is 0 Å². The predicted octanol–water partition coefficient (Wildman–Crippen LogP) is 1.50. The zero-order chi connectivity index (χ0) is 10.6. The topological polar surface area (TPSA) is 54.4 Å². The summed E-state index contributed by atoms with van der Waals surface area (Å²) in [4.78, 5) is 0. The number of aliphatic hydroxyl groups is 1. The van der Waals surface area contributed by atoms with E-state index in [9.17, 15) is 8.42 Å². The van der Waals surface area contributed by atoms with Crippen molar-refractivity contribution in [3.63, 3.8) is 0 Å². The Balaban J connectivity index is 2.71. The molecule has 0 aromatic carbocycles. The molecule has 0 spiro atoms. The van der Waals surface area contributed by atoms with Gasteiger partial charge in [0.15, 0.2) is 9.84 Å². The molecule has 3 nitrogen and oxygen atoms in total. The van der Waals surface area contributed by atoms with Crippen LogP contribution in [-0.2, 0) is 9.84 Å². The number of aliphatic hydroxyl groups excluding tert-OH is 1. The fourth-order valence-electron chi connectivity index (χ4n) is 2.13. The fourth-order valence-corrected chi connectivity index (χ4v) is 4.34. The summed E-state index contributed by atoms with van der Waals surface area (Å²) >= 11 is 0. The summed E-state index contributed by atoms with van der Waals surface area (Å²) in [6.45, 7) is 1.59. The third-order valence-electron chi connectivity index (χ3n) is 3.14. The van der Waals surface area contributed by atoms with Crippen molar-refractivity contribution in [1.82, 2.24) is 0 Å². The molecule has 0 aromatic rings. The monoisotopic (exact) mass is 220 g/mol. The molecule has 1 fully saturated rings. The van der Waals surface area contributed by atoms with Crippen LogP contribution in [0.4, 0.5) is 0 Å². The van der Waals surface area contributed by atoms with E-state index in [1.807, 2.05) is 6.92 Å². The highest BCUT2D eigenvalue weighted by Gasteiger charge is 2.33. The molecule has 0 aromatic heterocycles. The summed E-state index contributed by atoms with van der Waals surface area (Å²) in [6, 6.07) is 0. The van der Waals surface area contributed by atoms with Gasteiger partial charge in [-0.1, -0.05) is 26.2 Å². The Bertz CT molecular complexity index is 249. The van der Waals surface area contributed by atoms with Crippen LogP contribution in [0.3, 0.4) is 0 Å². The Labute approximate surface area is 86.4 Å². The zero-order valence-electron chi connectivity index (χ0n) is 8.78. The first-order valence-electron chi connectivity index (χ1n) is 5.46. The van der Waals surface area contributed by atoms with Gasteiger partial charge in [-0.2, -0.15) is 0 Å². The summed E-state index contributed by atoms with van der Waals surface area (Å²) in [5.41, 5.74) is 0. The van der Waals surface area contributed by atoms with E-state index in [0.29, 0.717) is 6.42 Å². The van der Waals surface area contributed by atoms with Crippen molar-refractivity contribution in [2.45, 2.75) is 55.9 Å². The smallest absolute Gasteiger partial charge is 0.158 e. The second-order valence-corrected chi connectivity index (χ2v) is 6.57. The molecule has 0 bridgehead atoms. The van der Waals surface area contributed by atoms with Crippen LogP contribution < -0.4 is 0 Å². The molecule has 0 radical (unpaired) electrons. The van der Waals surface area contributed by atoms with E-state index >= 15 is 0 Å². The lowest BCUT2D eigenvalue weighted by molar-refractivity contribution is 0.286. The quantitative estimate of drug-likeness (QED) is 0.781. The second kappa shape index (κ2) is 5.12. The molecule has 1 aliphatic rings. The second-order valence-electron chi connectivity index (χ2n) is 4.06. The molecule has 1 unspecified atom stereocenters. The summed E-state index contributed by atoms with van der Waals surface area (Å²) in [5, 5.41) is 8.29. The lowest BCUT2D eigenvalue weighted by atomic mass is 10.0. The van der Waals surface area contributed by atoms with Crippen molar-refractivity contribution in [2.75, 3.05) is 6.61 Å². The predicted molar refractivity (Wildman–Crippen MR) is 57.0 cm³/mol. The zero-order valence-corrected chi connectivity index (χ0v) is 9.59. The van der Waals surface area contributed by atoms with E-state index in [1.54, 1.807) is 0 Å². The van der Waals surface area contributed by atoms with Gasteiger partial charge in [0.2, 0.25) is 0 Å². The van der Waals surface area contributed by atoms with E-state index in [-0.39, 0.29) is 11.9 Å². The van der Waals surface area contributed by atoms with E-state index in [0.717, 1.165) is 32.1 Å². The van der Waals surface area contributed by atoms with Crippen LogP contribution >= 0.6 is 0 Å². The van der Waals surface area contributed by atoms with Crippen molar-refractivity contribution in [1.29, 1.82) is 0 Å². The Morgan fingerprint density at radius 2 is 1.86 bits per heavy atom. The van der Waals surface area contributed by atoms with Gasteiger partial charge in [-0.05, 0) is 19.3 Å². The van der Waals surface area contributed by atoms with Crippen LogP contribution in [0.25, 0.3) is 0 Å². The molecular formula is C10H20O3S.